The van der Waals surface area contributed by atoms with E-state index in [0.717, 1.165) is 56.0 Å². The molecular formula is C21H19F3N4O. The van der Waals surface area contributed by atoms with Crippen LogP contribution in [0.25, 0.3) is 10.9 Å². The molecule has 8 heteroatoms. The summed E-state index contributed by atoms with van der Waals surface area (Å²) in [6, 6.07) is 8.22. The molecule has 0 bridgehead atoms. The van der Waals surface area contributed by atoms with Crippen LogP contribution in [0.3, 0.4) is 0 Å². The van der Waals surface area contributed by atoms with Crippen molar-refractivity contribution in [1.29, 1.82) is 0 Å². The fourth-order valence-electron chi connectivity index (χ4n) is 3.43. The normalized spacial score (nSPS) is 14.1. The van der Waals surface area contributed by atoms with E-state index in [0.29, 0.717) is 5.39 Å². The van der Waals surface area contributed by atoms with Gasteiger partial charge in [0.25, 0.3) is 0 Å². The van der Waals surface area contributed by atoms with Gasteiger partial charge in [0.05, 0.1) is 5.69 Å². The van der Waals surface area contributed by atoms with Crippen molar-refractivity contribution in [2.45, 2.75) is 19.3 Å². The summed E-state index contributed by atoms with van der Waals surface area (Å²) >= 11 is 0. The number of aromatic nitrogens is 1. The van der Waals surface area contributed by atoms with Gasteiger partial charge in [-0.2, -0.15) is 0 Å². The fraction of sp³-hybridized carbons (Fsp3) is 0.238. The fourth-order valence-corrected chi connectivity index (χ4v) is 3.43. The highest BCUT2D eigenvalue weighted by molar-refractivity contribution is 6.01. The number of halogens is 3. The highest BCUT2D eigenvalue weighted by atomic mass is 19.1. The Bertz CT molecular complexity index is 1070. The lowest BCUT2D eigenvalue weighted by atomic mass is 10.1. The summed E-state index contributed by atoms with van der Waals surface area (Å²) in [5.41, 5.74) is 0.0867. The number of carbonyl (C=O) groups is 1. The number of pyridine rings is 1. The highest BCUT2D eigenvalue weighted by Crippen LogP contribution is 2.26. The first-order valence-corrected chi connectivity index (χ1v) is 9.38. The van der Waals surface area contributed by atoms with Crippen molar-refractivity contribution in [3.63, 3.8) is 0 Å². The molecule has 1 saturated heterocycles. The van der Waals surface area contributed by atoms with E-state index in [1.54, 1.807) is 12.1 Å². The molecule has 1 fully saturated rings. The molecule has 1 aliphatic rings. The van der Waals surface area contributed by atoms with E-state index in [1.807, 2.05) is 6.07 Å². The molecule has 0 aliphatic carbocycles. The first-order valence-electron chi connectivity index (χ1n) is 9.38. The largest absolute Gasteiger partial charge is 0.357 e. The average molecular weight is 400 g/mol. The van der Waals surface area contributed by atoms with Crippen LogP contribution in [-0.4, -0.2) is 24.1 Å². The SMILES string of the molecule is O=C(Nc1cc(F)c2nc(N3CCCCC3)ccc2c1)Nc1cc(F)ccc1F. The van der Waals surface area contributed by atoms with Gasteiger partial charge in [0.1, 0.15) is 23.0 Å². The van der Waals surface area contributed by atoms with E-state index < -0.39 is 23.5 Å². The molecule has 2 N–H and O–H groups in total. The number of hydrogen-bond acceptors (Lipinski definition) is 3. The quantitative estimate of drug-likeness (QED) is 0.628. The van der Waals surface area contributed by atoms with E-state index in [9.17, 15) is 18.0 Å². The van der Waals surface area contributed by atoms with Gasteiger partial charge in [0.2, 0.25) is 0 Å². The topological polar surface area (TPSA) is 57.3 Å². The molecule has 0 radical (unpaired) electrons. The van der Waals surface area contributed by atoms with Gasteiger partial charge in [-0.3, -0.25) is 0 Å². The molecule has 1 aromatic heterocycles. The number of hydrogen-bond donors (Lipinski definition) is 2. The summed E-state index contributed by atoms with van der Waals surface area (Å²) < 4.78 is 41.5. The predicted octanol–water partition coefficient (Wildman–Crippen LogP) is 5.29. The third kappa shape index (κ3) is 4.26. The summed E-state index contributed by atoms with van der Waals surface area (Å²) in [4.78, 5) is 18.7. The Kier molecular flexibility index (Phi) is 5.24. The first kappa shape index (κ1) is 19.0. The summed E-state index contributed by atoms with van der Waals surface area (Å²) in [6.07, 6.45) is 3.37. The lowest BCUT2D eigenvalue weighted by Gasteiger charge is -2.27. The molecule has 1 aliphatic heterocycles. The molecule has 4 rings (SSSR count). The van der Waals surface area contributed by atoms with Crippen LogP contribution in [-0.2, 0) is 0 Å². The third-order valence-electron chi connectivity index (χ3n) is 4.85. The molecule has 5 nitrogen and oxygen atoms in total. The van der Waals surface area contributed by atoms with Crippen molar-refractivity contribution in [2.75, 3.05) is 28.6 Å². The van der Waals surface area contributed by atoms with E-state index in [-0.39, 0.29) is 16.9 Å². The number of anilines is 3. The molecule has 2 heterocycles. The molecular weight excluding hydrogens is 381 g/mol. The molecule has 2 aromatic carbocycles. The Labute approximate surface area is 165 Å². The molecule has 0 atom stereocenters. The van der Waals surface area contributed by atoms with Gasteiger partial charge in [-0.25, -0.2) is 22.9 Å². The van der Waals surface area contributed by atoms with Crippen LogP contribution in [0.2, 0.25) is 0 Å². The van der Waals surface area contributed by atoms with E-state index >= 15 is 0 Å². The van der Waals surface area contributed by atoms with Crippen molar-refractivity contribution < 1.29 is 18.0 Å². The maximum Gasteiger partial charge on any atom is 0.323 e. The zero-order valence-corrected chi connectivity index (χ0v) is 15.5. The molecule has 29 heavy (non-hydrogen) atoms. The lowest BCUT2D eigenvalue weighted by Crippen LogP contribution is -2.30. The number of nitrogens with one attached hydrogen (secondary N) is 2. The summed E-state index contributed by atoms with van der Waals surface area (Å²) in [6.45, 7) is 1.80. The van der Waals surface area contributed by atoms with Crippen molar-refractivity contribution in [3.8, 4) is 0 Å². The van der Waals surface area contributed by atoms with E-state index in [2.05, 4.69) is 20.5 Å². The van der Waals surface area contributed by atoms with Crippen molar-refractivity contribution in [2.24, 2.45) is 0 Å². The number of benzene rings is 2. The number of urea groups is 1. The van der Waals surface area contributed by atoms with Crippen LogP contribution in [0.4, 0.5) is 35.2 Å². The summed E-state index contributed by atoms with van der Waals surface area (Å²) in [7, 11) is 0. The first-order chi connectivity index (χ1) is 14.0. The Morgan fingerprint density at radius 1 is 0.897 bits per heavy atom. The van der Waals surface area contributed by atoms with Crippen molar-refractivity contribution in [3.05, 3.63) is 59.9 Å². The molecule has 0 unspecified atom stereocenters. The minimum absolute atomic E-state index is 0.178. The average Bonchev–Trinajstić information content (AvgIpc) is 2.71. The maximum absolute atomic E-state index is 14.6. The predicted molar refractivity (Wildman–Crippen MR) is 107 cm³/mol. The molecule has 2 amide bonds. The maximum atomic E-state index is 14.6. The number of rotatable bonds is 3. The zero-order chi connectivity index (χ0) is 20.4. The van der Waals surface area contributed by atoms with Gasteiger partial charge in [-0.1, -0.05) is 0 Å². The van der Waals surface area contributed by atoms with Gasteiger partial charge >= 0.3 is 6.03 Å². The van der Waals surface area contributed by atoms with E-state index in [1.165, 1.54) is 6.42 Å². The van der Waals surface area contributed by atoms with Crippen molar-refractivity contribution in [1.82, 2.24) is 4.98 Å². The van der Waals surface area contributed by atoms with Crippen LogP contribution >= 0.6 is 0 Å². The van der Waals surface area contributed by atoms with Gasteiger partial charge in [-0.15, -0.1) is 0 Å². The Balaban J connectivity index is 1.53. The molecule has 150 valence electrons. The standard InChI is InChI=1S/C21H19F3N4O/c22-14-5-6-16(23)18(11-14)26-21(29)25-15-10-13-4-7-19(27-20(13)17(24)12-15)28-8-2-1-3-9-28/h4-7,10-12H,1-3,8-9H2,(H2,25,26,29). The second kappa shape index (κ2) is 7.98. The second-order valence-electron chi connectivity index (χ2n) is 6.95. The Morgan fingerprint density at radius 2 is 1.69 bits per heavy atom. The lowest BCUT2D eigenvalue weighted by molar-refractivity contribution is 0.262. The van der Waals surface area contributed by atoms with E-state index in [4.69, 9.17) is 0 Å². The highest BCUT2D eigenvalue weighted by Gasteiger charge is 2.15. The van der Waals surface area contributed by atoms with Crippen LogP contribution in [0.1, 0.15) is 19.3 Å². The number of amides is 2. The molecule has 3 aromatic rings. The smallest absolute Gasteiger partial charge is 0.323 e. The van der Waals surface area contributed by atoms with Gasteiger partial charge < -0.3 is 15.5 Å². The van der Waals surface area contributed by atoms with Crippen LogP contribution in [0.5, 0.6) is 0 Å². The van der Waals surface area contributed by atoms with Gasteiger partial charge in [0, 0.05) is 30.2 Å². The summed E-state index contributed by atoms with van der Waals surface area (Å²) in [5, 5.41) is 5.17. The monoisotopic (exact) mass is 400 g/mol. The minimum atomic E-state index is -0.814. The number of carbonyl (C=O) groups excluding carboxylic acids is 1. The number of piperidine rings is 1. The summed E-state index contributed by atoms with van der Waals surface area (Å²) in [5.74, 6) is -1.31. The van der Waals surface area contributed by atoms with Crippen LogP contribution < -0.4 is 15.5 Å². The van der Waals surface area contributed by atoms with Crippen LogP contribution in [0, 0.1) is 17.5 Å². The Morgan fingerprint density at radius 3 is 2.48 bits per heavy atom. The van der Waals surface area contributed by atoms with Gasteiger partial charge in [-0.05, 0) is 55.7 Å². The minimum Gasteiger partial charge on any atom is -0.357 e. The molecule has 0 spiro atoms. The zero-order valence-electron chi connectivity index (χ0n) is 15.5. The molecule has 0 saturated carbocycles. The number of fused-ring (bicyclic) bond motifs is 1. The number of nitrogens with zero attached hydrogens (tertiary/aromatic N) is 2. The van der Waals surface area contributed by atoms with Gasteiger partial charge in [0.15, 0.2) is 5.82 Å². The van der Waals surface area contributed by atoms with Crippen LogP contribution in [0.15, 0.2) is 42.5 Å². The second-order valence-corrected chi connectivity index (χ2v) is 6.95. The Hall–Kier alpha value is -3.29. The third-order valence-corrected chi connectivity index (χ3v) is 4.85. The van der Waals surface area contributed by atoms with Crippen molar-refractivity contribution >= 4 is 34.1 Å².